The topological polar surface area (TPSA) is 12.0 Å². The van der Waals surface area contributed by atoms with Gasteiger partial charge in [0.15, 0.2) is 0 Å². The highest BCUT2D eigenvalue weighted by Crippen LogP contribution is 2.31. The summed E-state index contributed by atoms with van der Waals surface area (Å²) in [6, 6.07) is 15.4. The molecule has 0 fully saturated rings. The molecule has 1 nitrogen and oxygen atoms in total. The van der Waals surface area contributed by atoms with E-state index in [4.69, 9.17) is 0 Å². The minimum Gasteiger partial charge on any atom is -0.298 e. The van der Waals surface area contributed by atoms with Crippen LogP contribution in [0.3, 0.4) is 0 Å². The first-order chi connectivity index (χ1) is 10.3. The van der Waals surface area contributed by atoms with Crippen LogP contribution in [-0.2, 0) is 0 Å². The molecule has 1 N–H and O–H groups in total. The van der Waals surface area contributed by atoms with Crippen LogP contribution < -0.4 is 5.32 Å². The Morgan fingerprint density at radius 2 is 1.52 bits per heavy atom. The Bertz CT molecular complexity index is 642. The summed E-state index contributed by atoms with van der Waals surface area (Å²) in [6.45, 7) is 2.01. The van der Waals surface area contributed by atoms with E-state index >= 15 is 0 Å². The van der Waals surface area contributed by atoms with Crippen LogP contribution in [0, 0.1) is 5.82 Å². The lowest BCUT2D eigenvalue weighted by Crippen LogP contribution is -2.25. The maximum Gasteiger partial charge on any atom is 0.127 e. The summed E-state index contributed by atoms with van der Waals surface area (Å²) >= 11 is 3.44. The highest BCUT2D eigenvalue weighted by molar-refractivity contribution is 7.11. The Balaban J connectivity index is 1.87. The fraction of sp³-hybridized carbons (Fsp3) is 0.176. The van der Waals surface area contributed by atoms with Crippen LogP contribution >= 0.6 is 22.7 Å². The van der Waals surface area contributed by atoms with Gasteiger partial charge in [0.25, 0.3) is 0 Å². The molecule has 21 heavy (non-hydrogen) atoms. The van der Waals surface area contributed by atoms with Crippen molar-refractivity contribution in [3.63, 3.8) is 0 Å². The van der Waals surface area contributed by atoms with Crippen molar-refractivity contribution in [2.24, 2.45) is 0 Å². The summed E-state index contributed by atoms with van der Waals surface area (Å²) in [4.78, 5) is 2.50. The van der Waals surface area contributed by atoms with E-state index in [0.29, 0.717) is 5.56 Å². The molecule has 0 radical (unpaired) electrons. The molecule has 0 saturated heterocycles. The standard InChI is InChI=1S/C17H16FNS2/c1-12(13-6-2-3-7-14(13)18)19-17(15-8-4-10-20-15)16-9-5-11-21-16/h2-12,17,19H,1H3/t12-/m1/s1. The van der Waals surface area contributed by atoms with Gasteiger partial charge in [0.05, 0.1) is 6.04 Å². The third kappa shape index (κ3) is 3.23. The molecule has 3 rings (SSSR count). The molecule has 1 aromatic carbocycles. The van der Waals surface area contributed by atoms with E-state index in [9.17, 15) is 4.39 Å². The summed E-state index contributed by atoms with van der Waals surface area (Å²) in [7, 11) is 0. The fourth-order valence-electron chi connectivity index (χ4n) is 2.38. The van der Waals surface area contributed by atoms with Crippen molar-refractivity contribution in [3.05, 3.63) is 80.4 Å². The summed E-state index contributed by atoms with van der Waals surface area (Å²) < 4.78 is 13.9. The van der Waals surface area contributed by atoms with Gasteiger partial charge in [0, 0.05) is 21.4 Å². The molecule has 0 spiro atoms. The molecule has 2 aromatic heterocycles. The van der Waals surface area contributed by atoms with Gasteiger partial charge in [0.2, 0.25) is 0 Å². The van der Waals surface area contributed by atoms with Gasteiger partial charge < -0.3 is 0 Å². The largest absolute Gasteiger partial charge is 0.298 e. The molecular formula is C17H16FNS2. The van der Waals surface area contributed by atoms with E-state index in [-0.39, 0.29) is 17.9 Å². The van der Waals surface area contributed by atoms with Crippen LogP contribution in [0.2, 0.25) is 0 Å². The predicted molar refractivity (Wildman–Crippen MR) is 88.4 cm³/mol. The second-order valence-electron chi connectivity index (χ2n) is 4.87. The normalized spacial score (nSPS) is 12.7. The minimum atomic E-state index is -0.159. The number of hydrogen-bond donors (Lipinski definition) is 1. The highest BCUT2D eigenvalue weighted by atomic mass is 32.1. The van der Waals surface area contributed by atoms with E-state index < -0.39 is 0 Å². The zero-order valence-corrected chi connectivity index (χ0v) is 13.3. The van der Waals surface area contributed by atoms with Crippen molar-refractivity contribution in [2.45, 2.75) is 19.0 Å². The van der Waals surface area contributed by atoms with Gasteiger partial charge in [-0.05, 0) is 35.9 Å². The maximum atomic E-state index is 13.9. The average Bonchev–Trinajstić information content (AvgIpc) is 3.18. The van der Waals surface area contributed by atoms with Crippen molar-refractivity contribution in [2.75, 3.05) is 0 Å². The van der Waals surface area contributed by atoms with Crippen molar-refractivity contribution >= 4 is 22.7 Å². The quantitative estimate of drug-likeness (QED) is 0.665. The van der Waals surface area contributed by atoms with Gasteiger partial charge in [-0.25, -0.2) is 4.39 Å². The van der Waals surface area contributed by atoms with E-state index in [1.807, 2.05) is 19.1 Å². The molecule has 3 aromatic rings. The lowest BCUT2D eigenvalue weighted by molar-refractivity contribution is 0.498. The van der Waals surface area contributed by atoms with Crippen LogP contribution in [0.1, 0.15) is 34.3 Å². The summed E-state index contributed by atoms with van der Waals surface area (Å²) in [5.74, 6) is -0.159. The molecule has 2 heterocycles. The van der Waals surface area contributed by atoms with Gasteiger partial charge in [-0.3, -0.25) is 5.32 Å². The molecule has 108 valence electrons. The Kier molecular flexibility index (Phi) is 4.48. The third-order valence-corrected chi connectivity index (χ3v) is 5.32. The second-order valence-corrected chi connectivity index (χ2v) is 6.83. The molecule has 0 amide bonds. The van der Waals surface area contributed by atoms with Gasteiger partial charge >= 0.3 is 0 Å². The molecule has 0 saturated carbocycles. The zero-order valence-electron chi connectivity index (χ0n) is 11.6. The van der Waals surface area contributed by atoms with Gasteiger partial charge in [-0.2, -0.15) is 0 Å². The first-order valence-electron chi connectivity index (χ1n) is 6.83. The Morgan fingerprint density at radius 1 is 0.905 bits per heavy atom. The number of halogens is 1. The first kappa shape index (κ1) is 14.4. The van der Waals surface area contributed by atoms with Crippen LogP contribution in [0.15, 0.2) is 59.3 Å². The predicted octanol–water partition coefficient (Wildman–Crippen LogP) is 5.39. The third-order valence-electron chi connectivity index (χ3n) is 3.44. The number of benzene rings is 1. The molecule has 0 unspecified atom stereocenters. The van der Waals surface area contributed by atoms with E-state index in [0.717, 1.165) is 0 Å². The van der Waals surface area contributed by atoms with Crippen LogP contribution in [0.25, 0.3) is 0 Å². The lowest BCUT2D eigenvalue weighted by Gasteiger charge is -2.22. The van der Waals surface area contributed by atoms with Crippen LogP contribution in [0.4, 0.5) is 4.39 Å². The number of hydrogen-bond acceptors (Lipinski definition) is 3. The second kappa shape index (κ2) is 6.52. The summed E-state index contributed by atoms with van der Waals surface area (Å²) in [6.07, 6.45) is 0. The van der Waals surface area contributed by atoms with E-state index in [2.05, 4.69) is 40.3 Å². The molecule has 0 aliphatic carbocycles. The van der Waals surface area contributed by atoms with Crippen molar-refractivity contribution < 1.29 is 4.39 Å². The van der Waals surface area contributed by atoms with Gasteiger partial charge in [-0.15, -0.1) is 22.7 Å². The molecular weight excluding hydrogens is 301 g/mol. The summed E-state index contributed by atoms with van der Waals surface area (Å²) in [5.41, 5.74) is 0.704. The molecule has 1 atom stereocenters. The Labute approximate surface area is 132 Å². The van der Waals surface area contributed by atoms with Crippen LogP contribution in [0.5, 0.6) is 0 Å². The summed E-state index contributed by atoms with van der Waals surface area (Å²) in [5, 5.41) is 7.71. The van der Waals surface area contributed by atoms with Gasteiger partial charge in [0.1, 0.15) is 5.82 Å². The van der Waals surface area contributed by atoms with E-state index in [1.54, 1.807) is 28.7 Å². The minimum absolute atomic E-state index is 0.0552. The zero-order chi connectivity index (χ0) is 14.7. The van der Waals surface area contributed by atoms with Crippen molar-refractivity contribution in [3.8, 4) is 0 Å². The van der Waals surface area contributed by atoms with Crippen LogP contribution in [-0.4, -0.2) is 0 Å². The molecule has 0 bridgehead atoms. The molecule has 0 aliphatic heterocycles. The van der Waals surface area contributed by atoms with E-state index in [1.165, 1.54) is 15.8 Å². The lowest BCUT2D eigenvalue weighted by atomic mass is 10.1. The maximum absolute atomic E-state index is 13.9. The molecule has 4 heteroatoms. The Hall–Kier alpha value is -1.49. The Morgan fingerprint density at radius 3 is 2.05 bits per heavy atom. The average molecular weight is 317 g/mol. The SMILES string of the molecule is C[C@@H](NC(c1cccs1)c1cccs1)c1ccccc1F. The number of thiophene rings is 2. The highest BCUT2D eigenvalue weighted by Gasteiger charge is 2.20. The fourth-order valence-corrected chi connectivity index (χ4v) is 4.06. The molecule has 0 aliphatic rings. The number of rotatable bonds is 5. The first-order valence-corrected chi connectivity index (χ1v) is 8.59. The number of nitrogens with one attached hydrogen (secondary N) is 1. The monoisotopic (exact) mass is 317 g/mol. The smallest absolute Gasteiger partial charge is 0.127 e. The van der Waals surface area contributed by atoms with Crippen molar-refractivity contribution in [1.29, 1.82) is 0 Å². The van der Waals surface area contributed by atoms with Crippen molar-refractivity contribution in [1.82, 2.24) is 5.32 Å². The van der Waals surface area contributed by atoms with Gasteiger partial charge in [-0.1, -0.05) is 30.3 Å².